The lowest BCUT2D eigenvalue weighted by Gasteiger charge is -2.33. The molecule has 3 N–H and O–H groups in total. The molecule has 1 aliphatic heterocycles. The summed E-state index contributed by atoms with van der Waals surface area (Å²) in [5.74, 6) is 0.751. The van der Waals surface area contributed by atoms with Gasteiger partial charge in [0.15, 0.2) is 0 Å². The molecule has 1 aliphatic rings. The summed E-state index contributed by atoms with van der Waals surface area (Å²) in [6, 6.07) is 8.41. The van der Waals surface area contributed by atoms with Crippen molar-refractivity contribution in [3.8, 4) is 0 Å². The maximum absolute atomic E-state index is 13.3. The first-order valence-electron chi connectivity index (χ1n) is 10.7. The minimum Gasteiger partial charge on any atom is -0.356 e. The number of carbonyl (C=O) groups is 1. The average Bonchev–Trinajstić information content (AvgIpc) is 2.78. The monoisotopic (exact) mass is 459 g/mol. The third-order valence-corrected chi connectivity index (χ3v) is 5.83. The summed E-state index contributed by atoms with van der Waals surface area (Å²) in [6.45, 7) is 3.34. The minimum atomic E-state index is -4.55. The summed E-state index contributed by atoms with van der Waals surface area (Å²) in [5, 5.41) is 6.41. The molecule has 7 nitrogen and oxygen atoms in total. The van der Waals surface area contributed by atoms with Crippen LogP contribution in [0.25, 0.3) is 10.8 Å². The lowest BCUT2D eigenvalue weighted by molar-refractivity contribution is -0.141. The van der Waals surface area contributed by atoms with Crippen molar-refractivity contribution in [2.24, 2.45) is 5.92 Å². The van der Waals surface area contributed by atoms with Gasteiger partial charge in [-0.15, -0.1) is 0 Å². The lowest BCUT2D eigenvalue weighted by Crippen LogP contribution is -2.35. The third kappa shape index (κ3) is 5.10. The molecule has 0 atom stereocenters. The second kappa shape index (κ2) is 9.13. The van der Waals surface area contributed by atoms with Crippen molar-refractivity contribution in [2.45, 2.75) is 32.5 Å². The molecule has 1 saturated heterocycles. The maximum atomic E-state index is 13.3. The molecule has 0 aliphatic carbocycles. The Kier molecular flexibility index (Phi) is 6.26. The molecule has 0 unspecified atom stereocenters. The van der Waals surface area contributed by atoms with Gasteiger partial charge in [0.1, 0.15) is 11.5 Å². The van der Waals surface area contributed by atoms with E-state index in [1.54, 1.807) is 24.3 Å². The second-order valence-electron chi connectivity index (χ2n) is 8.23. The first-order valence-corrected chi connectivity index (χ1v) is 10.7. The van der Waals surface area contributed by atoms with E-state index in [-0.39, 0.29) is 17.9 Å². The average molecular weight is 459 g/mol. The van der Waals surface area contributed by atoms with Gasteiger partial charge in [0.05, 0.1) is 5.69 Å². The fourth-order valence-corrected chi connectivity index (χ4v) is 3.94. The number of hydrogen-bond donors (Lipinski definition) is 3. The van der Waals surface area contributed by atoms with Crippen molar-refractivity contribution in [1.29, 1.82) is 0 Å². The number of hydrogen-bond acceptors (Lipinski definition) is 4. The zero-order chi connectivity index (χ0) is 23.6. The molecule has 0 spiro atoms. The van der Waals surface area contributed by atoms with Gasteiger partial charge in [0.25, 0.3) is 5.56 Å². The SMILES string of the molecule is CC1CCN(c2nc(C(F)(F)F)ccc2CNC(=O)Nc2cccc3c(=O)[nH]ccc23)CC1. The van der Waals surface area contributed by atoms with Crippen LogP contribution in [0, 0.1) is 5.92 Å². The van der Waals surface area contributed by atoms with Crippen molar-refractivity contribution in [3.05, 3.63) is 64.2 Å². The molecule has 0 radical (unpaired) electrons. The number of nitrogens with zero attached hydrogens (tertiary/aromatic N) is 2. The van der Waals surface area contributed by atoms with Gasteiger partial charge in [-0.1, -0.05) is 19.1 Å². The molecule has 3 heterocycles. The van der Waals surface area contributed by atoms with Crippen molar-refractivity contribution in [3.63, 3.8) is 0 Å². The van der Waals surface area contributed by atoms with Crippen molar-refractivity contribution >= 4 is 28.3 Å². The predicted molar refractivity (Wildman–Crippen MR) is 120 cm³/mol. The van der Waals surface area contributed by atoms with E-state index < -0.39 is 17.9 Å². The zero-order valence-electron chi connectivity index (χ0n) is 18.0. The molecule has 3 aromatic rings. The fourth-order valence-electron chi connectivity index (χ4n) is 3.94. The summed E-state index contributed by atoms with van der Waals surface area (Å²) in [7, 11) is 0. The number of pyridine rings is 2. The summed E-state index contributed by atoms with van der Waals surface area (Å²) in [5.41, 5.74) is -0.271. The Morgan fingerprint density at radius 1 is 1.15 bits per heavy atom. The number of nitrogens with one attached hydrogen (secondary N) is 3. The van der Waals surface area contributed by atoms with Gasteiger partial charge in [-0.25, -0.2) is 9.78 Å². The van der Waals surface area contributed by atoms with E-state index in [0.29, 0.717) is 41.0 Å². The van der Waals surface area contributed by atoms with Crippen LogP contribution in [0.15, 0.2) is 47.4 Å². The molecule has 2 aromatic heterocycles. The molecule has 10 heteroatoms. The molecular weight excluding hydrogens is 435 g/mol. The summed E-state index contributed by atoms with van der Waals surface area (Å²) in [4.78, 5) is 32.8. The van der Waals surface area contributed by atoms with E-state index in [1.807, 2.05) is 4.90 Å². The van der Waals surface area contributed by atoms with Crippen LogP contribution in [0.1, 0.15) is 31.0 Å². The first-order chi connectivity index (χ1) is 15.7. The lowest BCUT2D eigenvalue weighted by atomic mass is 9.99. The molecule has 1 fully saturated rings. The number of piperidine rings is 1. The van der Waals surface area contributed by atoms with E-state index in [1.165, 1.54) is 12.3 Å². The normalized spacial score (nSPS) is 15.0. The van der Waals surface area contributed by atoms with E-state index in [4.69, 9.17) is 0 Å². The highest BCUT2D eigenvalue weighted by Gasteiger charge is 2.34. The van der Waals surface area contributed by atoms with E-state index >= 15 is 0 Å². The predicted octanol–water partition coefficient (Wildman–Crippen LogP) is 4.50. The Morgan fingerprint density at radius 2 is 1.91 bits per heavy atom. The van der Waals surface area contributed by atoms with Crippen molar-refractivity contribution in [2.75, 3.05) is 23.3 Å². The third-order valence-electron chi connectivity index (χ3n) is 5.83. The van der Waals surface area contributed by atoms with Gasteiger partial charge in [0.2, 0.25) is 0 Å². The highest BCUT2D eigenvalue weighted by atomic mass is 19.4. The standard InChI is InChI=1S/C23H24F3N5O2/c1-14-8-11-31(12-9-14)20-15(5-6-19(30-20)23(24,25)26)13-28-22(33)29-18-4-2-3-17-16(18)7-10-27-21(17)32/h2-7,10,14H,8-9,11-13H2,1H3,(H,27,32)(H2,28,29,33). The Morgan fingerprint density at radius 3 is 2.64 bits per heavy atom. The number of alkyl halides is 3. The van der Waals surface area contributed by atoms with Crippen LogP contribution in [-0.4, -0.2) is 29.1 Å². The van der Waals surface area contributed by atoms with E-state index in [9.17, 15) is 22.8 Å². The maximum Gasteiger partial charge on any atom is 0.433 e. The van der Waals surface area contributed by atoms with Gasteiger partial charge in [-0.05, 0) is 43.0 Å². The molecule has 2 amide bonds. The van der Waals surface area contributed by atoms with Crippen molar-refractivity contribution in [1.82, 2.24) is 15.3 Å². The van der Waals surface area contributed by atoms with Crippen LogP contribution in [0.3, 0.4) is 0 Å². The number of anilines is 2. The topological polar surface area (TPSA) is 90.1 Å². The summed E-state index contributed by atoms with van der Waals surface area (Å²) >= 11 is 0. The molecule has 4 rings (SSSR count). The molecule has 0 bridgehead atoms. The number of fused-ring (bicyclic) bond motifs is 1. The number of halogens is 3. The molecule has 174 valence electrons. The van der Waals surface area contributed by atoms with Crippen molar-refractivity contribution < 1.29 is 18.0 Å². The fraction of sp³-hybridized carbons (Fsp3) is 0.348. The molecular formula is C23H24F3N5O2. The number of carbonyl (C=O) groups excluding carboxylic acids is 1. The van der Waals surface area contributed by atoms with Gasteiger partial charge >= 0.3 is 12.2 Å². The Balaban J connectivity index is 1.52. The van der Waals surface area contributed by atoms with E-state index in [2.05, 4.69) is 27.5 Å². The smallest absolute Gasteiger partial charge is 0.356 e. The highest BCUT2D eigenvalue weighted by Crippen LogP contribution is 2.32. The number of H-pyrrole nitrogens is 1. The van der Waals surface area contributed by atoms with Crippen LogP contribution >= 0.6 is 0 Å². The van der Waals surface area contributed by atoms with Gasteiger partial charge in [-0.3, -0.25) is 4.79 Å². The van der Waals surface area contributed by atoms with Gasteiger partial charge in [-0.2, -0.15) is 13.2 Å². The zero-order valence-corrected chi connectivity index (χ0v) is 18.0. The Bertz CT molecular complexity index is 1220. The van der Waals surface area contributed by atoms with Crippen LogP contribution < -0.4 is 21.1 Å². The first kappa shape index (κ1) is 22.6. The second-order valence-corrected chi connectivity index (χ2v) is 8.23. The van der Waals surface area contributed by atoms with Gasteiger partial charge < -0.3 is 20.5 Å². The quantitative estimate of drug-likeness (QED) is 0.536. The number of benzene rings is 1. The molecule has 1 aromatic carbocycles. The number of aromatic nitrogens is 2. The highest BCUT2D eigenvalue weighted by molar-refractivity contribution is 6.01. The van der Waals surface area contributed by atoms with Crippen LogP contribution in [0.2, 0.25) is 0 Å². The number of urea groups is 1. The Hall–Kier alpha value is -3.56. The number of amides is 2. The van der Waals surface area contributed by atoms with Gasteiger partial charge in [0, 0.05) is 42.2 Å². The number of aromatic amines is 1. The van der Waals surface area contributed by atoms with Crippen LogP contribution in [0.5, 0.6) is 0 Å². The number of rotatable bonds is 4. The minimum absolute atomic E-state index is 0.00368. The van der Waals surface area contributed by atoms with E-state index in [0.717, 1.165) is 18.9 Å². The van der Waals surface area contributed by atoms with Crippen LogP contribution in [0.4, 0.5) is 29.5 Å². The largest absolute Gasteiger partial charge is 0.433 e. The van der Waals surface area contributed by atoms with Crippen LogP contribution in [-0.2, 0) is 12.7 Å². The Labute approximate surface area is 188 Å². The molecule has 33 heavy (non-hydrogen) atoms. The summed E-state index contributed by atoms with van der Waals surface area (Å²) in [6.07, 6.45) is -1.32. The summed E-state index contributed by atoms with van der Waals surface area (Å²) < 4.78 is 39.8. The molecule has 0 saturated carbocycles.